The van der Waals surface area contributed by atoms with Gasteiger partial charge in [-0.1, -0.05) is 6.07 Å². The van der Waals surface area contributed by atoms with Gasteiger partial charge in [-0.05, 0) is 74.3 Å². The molecule has 2 N–H and O–H groups in total. The number of aliphatic hydroxyl groups is 1. The lowest BCUT2D eigenvalue weighted by molar-refractivity contribution is 0.0746. The number of hydrogen-bond donors (Lipinski definition) is 2. The van der Waals surface area contributed by atoms with Crippen LogP contribution in [0.2, 0.25) is 0 Å². The van der Waals surface area contributed by atoms with Crippen LogP contribution in [0.3, 0.4) is 0 Å². The van der Waals surface area contributed by atoms with Crippen molar-refractivity contribution in [3.8, 4) is 11.5 Å². The van der Waals surface area contributed by atoms with Gasteiger partial charge in [0.1, 0.15) is 12.7 Å². The molecule has 2 aromatic rings. The van der Waals surface area contributed by atoms with Crippen molar-refractivity contribution in [3.63, 3.8) is 0 Å². The van der Waals surface area contributed by atoms with Crippen molar-refractivity contribution in [2.75, 3.05) is 39.9 Å². The Morgan fingerprint density at radius 1 is 1.11 bits per heavy atom. The van der Waals surface area contributed by atoms with Gasteiger partial charge in [0.15, 0.2) is 11.5 Å². The first-order chi connectivity index (χ1) is 13.7. The van der Waals surface area contributed by atoms with E-state index in [2.05, 4.69) is 15.2 Å². The third kappa shape index (κ3) is 6.48. The van der Waals surface area contributed by atoms with Crippen molar-refractivity contribution in [2.24, 2.45) is 0 Å². The fourth-order valence-electron chi connectivity index (χ4n) is 3.46. The fraction of sp³-hybridized carbons (Fsp3) is 0.500. The predicted octanol–water partition coefficient (Wildman–Crippen LogP) is 2.26. The first-order valence-electron chi connectivity index (χ1n) is 10.0. The van der Waals surface area contributed by atoms with Crippen LogP contribution in [0.15, 0.2) is 42.7 Å². The van der Waals surface area contributed by atoms with Crippen LogP contribution >= 0.6 is 0 Å². The first-order valence-corrected chi connectivity index (χ1v) is 10.0. The molecule has 1 aromatic carbocycles. The van der Waals surface area contributed by atoms with E-state index >= 15 is 0 Å². The molecule has 1 saturated heterocycles. The molecule has 0 radical (unpaired) electrons. The SMILES string of the molecule is COc1ccc(CNCCc2ccncc2)cc1OC[C@H](O)CN1CCCC1. The van der Waals surface area contributed by atoms with Crippen molar-refractivity contribution >= 4 is 0 Å². The normalized spacial score (nSPS) is 15.5. The van der Waals surface area contributed by atoms with E-state index < -0.39 is 6.10 Å². The van der Waals surface area contributed by atoms with Crippen molar-refractivity contribution in [1.82, 2.24) is 15.2 Å². The van der Waals surface area contributed by atoms with Crippen LogP contribution < -0.4 is 14.8 Å². The van der Waals surface area contributed by atoms with Crippen molar-refractivity contribution < 1.29 is 14.6 Å². The zero-order chi connectivity index (χ0) is 19.6. The van der Waals surface area contributed by atoms with Gasteiger partial charge < -0.3 is 24.8 Å². The number of methoxy groups -OCH3 is 1. The average molecular weight is 386 g/mol. The lowest BCUT2D eigenvalue weighted by atomic mass is 10.1. The maximum Gasteiger partial charge on any atom is 0.161 e. The molecule has 28 heavy (non-hydrogen) atoms. The third-order valence-electron chi connectivity index (χ3n) is 5.00. The molecule has 1 fully saturated rings. The van der Waals surface area contributed by atoms with Crippen LogP contribution in [0, 0.1) is 0 Å². The Kier molecular flexibility index (Phi) is 8.08. The highest BCUT2D eigenvalue weighted by molar-refractivity contribution is 5.43. The number of rotatable bonds is 11. The molecule has 1 aromatic heterocycles. The molecule has 6 nitrogen and oxygen atoms in total. The van der Waals surface area contributed by atoms with Crippen LogP contribution in [0.5, 0.6) is 11.5 Å². The van der Waals surface area contributed by atoms with Gasteiger partial charge in [-0.3, -0.25) is 4.98 Å². The minimum Gasteiger partial charge on any atom is -0.493 e. The molecule has 0 aliphatic carbocycles. The maximum absolute atomic E-state index is 10.3. The topological polar surface area (TPSA) is 66.8 Å². The van der Waals surface area contributed by atoms with E-state index in [0.29, 0.717) is 18.0 Å². The Balaban J connectivity index is 1.46. The lowest BCUT2D eigenvalue weighted by Gasteiger charge is -2.20. The molecule has 0 saturated carbocycles. The number of ether oxygens (including phenoxy) is 2. The maximum atomic E-state index is 10.3. The Morgan fingerprint density at radius 2 is 1.89 bits per heavy atom. The van der Waals surface area contributed by atoms with Gasteiger partial charge >= 0.3 is 0 Å². The molecule has 3 rings (SSSR count). The summed E-state index contributed by atoms with van der Waals surface area (Å²) in [5.41, 5.74) is 2.40. The Labute approximate surface area is 167 Å². The van der Waals surface area contributed by atoms with Gasteiger partial charge in [0.05, 0.1) is 7.11 Å². The summed E-state index contributed by atoms with van der Waals surface area (Å²) in [6.07, 6.45) is 6.55. The average Bonchev–Trinajstić information content (AvgIpc) is 3.23. The van der Waals surface area contributed by atoms with E-state index in [0.717, 1.165) is 38.2 Å². The van der Waals surface area contributed by atoms with E-state index in [1.165, 1.54) is 18.4 Å². The smallest absolute Gasteiger partial charge is 0.161 e. The fourth-order valence-corrected chi connectivity index (χ4v) is 3.46. The number of aromatic nitrogens is 1. The van der Waals surface area contributed by atoms with Crippen LogP contribution in [-0.2, 0) is 13.0 Å². The minimum atomic E-state index is -0.495. The van der Waals surface area contributed by atoms with Gasteiger partial charge in [-0.15, -0.1) is 0 Å². The molecule has 0 bridgehead atoms. The van der Waals surface area contributed by atoms with Crippen LogP contribution in [0.1, 0.15) is 24.0 Å². The molecule has 0 spiro atoms. The molecule has 1 atom stereocenters. The standard InChI is InChI=1S/C22H31N3O3/c1-27-21-5-4-19(15-24-11-8-18-6-9-23-10-7-18)14-22(21)28-17-20(26)16-25-12-2-3-13-25/h4-7,9-10,14,20,24,26H,2-3,8,11-13,15-17H2,1H3/t20-/m1/s1. The van der Waals surface area contributed by atoms with Gasteiger partial charge in [0.25, 0.3) is 0 Å². The summed E-state index contributed by atoms with van der Waals surface area (Å²) in [4.78, 5) is 6.32. The van der Waals surface area contributed by atoms with E-state index in [4.69, 9.17) is 9.47 Å². The van der Waals surface area contributed by atoms with E-state index in [1.54, 1.807) is 7.11 Å². The highest BCUT2D eigenvalue weighted by atomic mass is 16.5. The summed E-state index contributed by atoms with van der Waals surface area (Å²) in [7, 11) is 1.63. The quantitative estimate of drug-likeness (QED) is 0.579. The van der Waals surface area contributed by atoms with E-state index in [9.17, 15) is 5.11 Å². The van der Waals surface area contributed by atoms with Gasteiger partial charge in [-0.25, -0.2) is 0 Å². The summed E-state index contributed by atoms with van der Waals surface area (Å²) in [5, 5.41) is 13.7. The van der Waals surface area contributed by atoms with Crippen molar-refractivity contribution in [1.29, 1.82) is 0 Å². The molecular weight excluding hydrogens is 354 g/mol. The molecule has 0 unspecified atom stereocenters. The number of hydrogen-bond acceptors (Lipinski definition) is 6. The zero-order valence-corrected chi connectivity index (χ0v) is 16.6. The number of nitrogens with zero attached hydrogens (tertiary/aromatic N) is 2. The summed E-state index contributed by atoms with van der Waals surface area (Å²) in [6.45, 7) is 4.72. The Bertz CT molecular complexity index is 705. The van der Waals surface area contributed by atoms with Crippen LogP contribution in [-0.4, -0.2) is 61.0 Å². The molecule has 152 valence electrons. The zero-order valence-electron chi connectivity index (χ0n) is 16.6. The number of pyridine rings is 1. The number of aliphatic hydroxyl groups excluding tert-OH is 1. The molecule has 2 heterocycles. The summed E-state index contributed by atoms with van der Waals surface area (Å²) >= 11 is 0. The van der Waals surface area contributed by atoms with E-state index in [-0.39, 0.29) is 6.61 Å². The summed E-state index contributed by atoms with van der Waals surface area (Å²) < 4.78 is 11.3. The Hall–Kier alpha value is -2.15. The molecule has 6 heteroatoms. The first kappa shape index (κ1) is 20.6. The monoisotopic (exact) mass is 385 g/mol. The van der Waals surface area contributed by atoms with Crippen molar-refractivity contribution in [3.05, 3.63) is 53.9 Å². The largest absolute Gasteiger partial charge is 0.493 e. The highest BCUT2D eigenvalue weighted by Crippen LogP contribution is 2.28. The van der Waals surface area contributed by atoms with Crippen molar-refractivity contribution in [2.45, 2.75) is 31.9 Å². The van der Waals surface area contributed by atoms with Gasteiger partial charge in [0, 0.05) is 25.5 Å². The molecule has 1 aliphatic heterocycles. The third-order valence-corrected chi connectivity index (χ3v) is 5.00. The molecule has 0 amide bonds. The number of nitrogens with one attached hydrogen (secondary N) is 1. The number of likely N-dealkylation sites (tertiary alicyclic amines) is 1. The van der Waals surface area contributed by atoms with Gasteiger partial charge in [0.2, 0.25) is 0 Å². The van der Waals surface area contributed by atoms with E-state index in [1.807, 2.05) is 42.7 Å². The second-order valence-electron chi connectivity index (χ2n) is 7.24. The lowest BCUT2D eigenvalue weighted by Crippen LogP contribution is -2.33. The van der Waals surface area contributed by atoms with Gasteiger partial charge in [-0.2, -0.15) is 0 Å². The predicted molar refractivity (Wildman–Crippen MR) is 110 cm³/mol. The number of β-amino-alcohol motifs (C(OH)–C–C–N with tert-alkyl or cyclic N) is 1. The van der Waals surface area contributed by atoms with Crippen LogP contribution in [0.4, 0.5) is 0 Å². The highest BCUT2D eigenvalue weighted by Gasteiger charge is 2.17. The second-order valence-corrected chi connectivity index (χ2v) is 7.24. The number of benzene rings is 1. The minimum absolute atomic E-state index is 0.270. The molecule has 1 aliphatic rings. The Morgan fingerprint density at radius 3 is 2.64 bits per heavy atom. The summed E-state index contributed by atoms with van der Waals surface area (Å²) in [5.74, 6) is 1.37. The molecular formula is C22H31N3O3. The second kappa shape index (κ2) is 11.0. The van der Waals surface area contributed by atoms with Crippen LogP contribution in [0.25, 0.3) is 0 Å². The summed E-state index contributed by atoms with van der Waals surface area (Å²) in [6, 6.07) is 10.0.